The number of likely N-dealkylation sites (tertiary alicyclic amines) is 1. The molecule has 0 bridgehead atoms. The molecule has 0 aliphatic carbocycles. The molecule has 1 aromatic carbocycles. The maximum atomic E-state index is 11.9. The molecule has 0 spiro atoms. The van der Waals surface area contributed by atoms with E-state index in [9.17, 15) is 9.59 Å². The maximum absolute atomic E-state index is 11.9. The van der Waals surface area contributed by atoms with Gasteiger partial charge in [-0.05, 0) is 45.0 Å². The molecule has 1 saturated heterocycles. The number of rotatable bonds is 3. The number of fused-ring (bicyclic) bond motifs is 1. The molecule has 3 N–H and O–H groups in total. The molecule has 3 amide bonds. The number of carbonyl (C=O) groups excluding carboxylic acids is 2. The number of primary amides is 1. The van der Waals surface area contributed by atoms with E-state index in [2.05, 4.69) is 16.3 Å². The summed E-state index contributed by atoms with van der Waals surface area (Å²) in [6.07, 6.45) is 1.93. The largest absolute Gasteiger partial charge is 0.351 e. The molecule has 2 heterocycles. The first-order chi connectivity index (χ1) is 11.0. The van der Waals surface area contributed by atoms with Crippen LogP contribution in [-0.2, 0) is 4.79 Å². The smallest absolute Gasteiger partial charge is 0.318 e. The van der Waals surface area contributed by atoms with Crippen LogP contribution in [0.5, 0.6) is 0 Å². The van der Waals surface area contributed by atoms with Crippen molar-refractivity contribution >= 4 is 33.5 Å². The summed E-state index contributed by atoms with van der Waals surface area (Å²) in [4.78, 5) is 29.5. The Hall–Kier alpha value is -1.99. The third-order valence-electron chi connectivity index (χ3n) is 4.36. The van der Waals surface area contributed by atoms with Gasteiger partial charge in [-0.15, -0.1) is 11.3 Å². The number of nitrogens with zero attached hydrogens (tertiary/aromatic N) is 2. The van der Waals surface area contributed by atoms with E-state index in [1.807, 2.05) is 18.2 Å². The lowest BCUT2D eigenvalue weighted by atomic mass is 9.96. The molecule has 1 atom stereocenters. The van der Waals surface area contributed by atoms with Crippen LogP contribution >= 0.6 is 11.3 Å². The molecule has 122 valence electrons. The van der Waals surface area contributed by atoms with Crippen molar-refractivity contribution in [3.05, 3.63) is 29.3 Å². The Bertz CT molecular complexity index is 689. The summed E-state index contributed by atoms with van der Waals surface area (Å²) in [6, 6.07) is 7.03. The first-order valence-corrected chi connectivity index (χ1v) is 8.56. The minimum absolute atomic E-state index is 0.337. The van der Waals surface area contributed by atoms with Crippen molar-refractivity contribution in [2.75, 3.05) is 13.1 Å². The van der Waals surface area contributed by atoms with E-state index in [1.54, 1.807) is 18.3 Å². The molecule has 3 rings (SSSR count). The highest BCUT2D eigenvalue weighted by molar-refractivity contribution is 7.18. The molecule has 1 fully saturated rings. The number of hydrogen-bond acceptors (Lipinski definition) is 5. The average Bonchev–Trinajstić information content (AvgIpc) is 2.97. The van der Waals surface area contributed by atoms with Gasteiger partial charge in [0.05, 0.1) is 21.3 Å². The third kappa shape index (κ3) is 3.51. The lowest BCUT2D eigenvalue weighted by Crippen LogP contribution is -2.50. The number of hydrogen-bond donors (Lipinski definition) is 2. The number of urea groups is 1. The molecule has 23 heavy (non-hydrogen) atoms. The number of amides is 3. The van der Waals surface area contributed by atoms with E-state index >= 15 is 0 Å². The number of nitrogens with two attached hydrogens (primary N) is 1. The Morgan fingerprint density at radius 3 is 2.70 bits per heavy atom. The fraction of sp³-hybridized carbons (Fsp3) is 0.438. The summed E-state index contributed by atoms with van der Waals surface area (Å²) in [5, 5.41) is 3.33. The maximum Gasteiger partial charge on any atom is 0.318 e. The first-order valence-electron chi connectivity index (χ1n) is 7.74. The molecule has 2 aromatic rings. The van der Waals surface area contributed by atoms with Gasteiger partial charge in [-0.1, -0.05) is 12.1 Å². The predicted octanol–water partition coefficient (Wildman–Crippen LogP) is 2.06. The molecule has 0 saturated carbocycles. The van der Waals surface area contributed by atoms with Gasteiger partial charge in [0.25, 0.3) is 0 Å². The van der Waals surface area contributed by atoms with Crippen LogP contribution in [0.4, 0.5) is 4.79 Å². The van der Waals surface area contributed by atoms with E-state index in [-0.39, 0.29) is 11.9 Å². The van der Waals surface area contributed by atoms with Crippen molar-refractivity contribution in [1.82, 2.24) is 15.2 Å². The summed E-state index contributed by atoms with van der Waals surface area (Å²) in [5.74, 6) is 0.103. The van der Waals surface area contributed by atoms with Crippen LogP contribution < -0.4 is 11.1 Å². The van der Waals surface area contributed by atoms with Crippen molar-refractivity contribution in [3.63, 3.8) is 0 Å². The zero-order valence-electron chi connectivity index (χ0n) is 13.0. The SMILES string of the molecule is CC(C(=O)NC(N)=O)N1CCC(c2nc3ccccc3s2)CC1. The first kappa shape index (κ1) is 15.9. The number of thiazole rings is 1. The van der Waals surface area contributed by atoms with E-state index < -0.39 is 6.03 Å². The summed E-state index contributed by atoms with van der Waals surface area (Å²) >= 11 is 1.76. The number of benzene rings is 1. The molecule has 1 aliphatic rings. The van der Waals surface area contributed by atoms with Crippen molar-refractivity contribution < 1.29 is 9.59 Å². The van der Waals surface area contributed by atoms with Gasteiger partial charge in [0.2, 0.25) is 5.91 Å². The van der Waals surface area contributed by atoms with Gasteiger partial charge in [-0.2, -0.15) is 0 Å². The van der Waals surface area contributed by atoms with Crippen molar-refractivity contribution in [3.8, 4) is 0 Å². The molecule has 7 heteroatoms. The summed E-state index contributed by atoms with van der Waals surface area (Å²) < 4.78 is 1.22. The Labute approximate surface area is 138 Å². The van der Waals surface area contributed by atoms with Crippen LogP contribution in [0, 0.1) is 0 Å². The van der Waals surface area contributed by atoms with Gasteiger partial charge in [0, 0.05) is 5.92 Å². The van der Waals surface area contributed by atoms with Crippen LogP contribution in [0.2, 0.25) is 0 Å². The Morgan fingerprint density at radius 2 is 2.04 bits per heavy atom. The molecule has 0 radical (unpaired) electrons. The van der Waals surface area contributed by atoms with E-state index in [4.69, 9.17) is 10.7 Å². The molecule has 1 aliphatic heterocycles. The van der Waals surface area contributed by atoms with Crippen LogP contribution in [0.1, 0.15) is 30.7 Å². The van der Waals surface area contributed by atoms with Crippen molar-refractivity contribution in [2.24, 2.45) is 5.73 Å². The second-order valence-corrected chi connectivity index (χ2v) is 6.92. The normalized spacial score (nSPS) is 18.0. The van der Waals surface area contributed by atoms with E-state index in [0.717, 1.165) is 31.4 Å². The number of piperidine rings is 1. The minimum atomic E-state index is -0.800. The van der Waals surface area contributed by atoms with Crippen molar-refractivity contribution in [1.29, 1.82) is 0 Å². The van der Waals surface area contributed by atoms with Gasteiger partial charge in [-0.25, -0.2) is 9.78 Å². The van der Waals surface area contributed by atoms with Crippen LogP contribution in [0.25, 0.3) is 10.2 Å². The Kier molecular flexibility index (Phi) is 4.58. The third-order valence-corrected chi connectivity index (χ3v) is 5.56. The Balaban J connectivity index is 1.61. The average molecular weight is 332 g/mol. The monoisotopic (exact) mass is 332 g/mol. The van der Waals surface area contributed by atoms with Gasteiger partial charge >= 0.3 is 6.03 Å². The van der Waals surface area contributed by atoms with Crippen LogP contribution in [0.3, 0.4) is 0 Å². The molecule has 1 unspecified atom stereocenters. The standard InChI is InChI=1S/C16H20N4O2S/c1-10(14(21)19-16(17)22)20-8-6-11(7-9-20)15-18-12-4-2-3-5-13(12)23-15/h2-5,10-11H,6-9H2,1H3,(H3,17,19,21,22). The van der Waals surface area contributed by atoms with E-state index in [0.29, 0.717) is 5.92 Å². The minimum Gasteiger partial charge on any atom is -0.351 e. The summed E-state index contributed by atoms with van der Waals surface area (Å²) in [6.45, 7) is 3.43. The van der Waals surface area contributed by atoms with Crippen LogP contribution in [0.15, 0.2) is 24.3 Å². The number of imide groups is 1. The highest BCUT2D eigenvalue weighted by Crippen LogP contribution is 2.34. The van der Waals surface area contributed by atoms with E-state index in [1.165, 1.54) is 9.71 Å². The topological polar surface area (TPSA) is 88.3 Å². The lowest BCUT2D eigenvalue weighted by molar-refractivity contribution is -0.125. The zero-order chi connectivity index (χ0) is 16.4. The number of nitrogens with one attached hydrogen (secondary N) is 1. The molecule has 1 aromatic heterocycles. The quantitative estimate of drug-likeness (QED) is 0.900. The summed E-state index contributed by atoms with van der Waals surface area (Å²) in [7, 11) is 0. The molecule has 6 nitrogen and oxygen atoms in total. The lowest BCUT2D eigenvalue weighted by Gasteiger charge is -2.34. The van der Waals surface area contributed by atoms with Gasteiger partial charge < -0.3 is 5.73 Å². The Morgan fingerprint density at radius 1 is 1.35 bits per heavy atom. The highest BCUT2D eigenvalue weighted by atomic mass is 32.1. The summed E-state index contributed by atoms with van der Waals surface area (Å²) in [5.41, 5.74) is 6.06. The molecular weight excluding hydrogens is 312 g/mol. The van der Waals surface area contributed by atoms with Crippen molar-refractivity contribution in [2.45, 2.75) is 31.7 Å². The van der Waals surface area contributed by atoms with Crippen LogP contribution in [-0.4, -0.2) is 41.0 Å². The number of carbonyl (C=O) groups is 2. The number of aromatic nitrogens is 1. The predicted molar refractivity (Wildman–Crippen MR) is 90.4 cm³/mol. The molecular formula is C16H20N4O2S. The fourth-order valence-electron chi connectivity index (χ4n) is 2.99. The second kappa shape index (κ2) is 6.64. The number of para-hydroxylation sites is 1. The zero-order valence-corrected chi connectivity index (χ0v) is 13.8. The highest BCUT2D eigenvalue weighted by Gasteiger charge is 2.29. The van der Waals surface area contributed by atoms with Gasteiger partial charge in [0.15, 0.2) is 0 Å². The van der Waals surface area contributed by atoms with Gasteiger partial charge in [0.1, 0.15) is 0 Å². The van der Waals surface area contributed by atoms with Gasteiger partial charge in [-0.3, -0.25) is 15.0 Å². The fourth-order valence-corrected chi connectivity index (χ4v) is 4.13. The second-order valence-electron chi connectivity index (χ2n) is 5.86.